The number of nitrogens with one attached hydrogen (secondary N) is 1. The molecule has 72 valence electrons. The van der Waals surface area contributed by atoms with Crippen molar-refractivity contribution in [2.75, 3.05) is 11.9 Å². The van der Waals surface area contributed by atoms with E-state index >= 15 is 0 Å². The monoisotopic (exact) mass is 196 g/mol. The zero-order chi connectivity index (χ0) is 9.42. The molecular weight excluding hydrogens is 180 g/mol. The third-order valence-corrected chi connectivity index (χ3v) is 3.85. The van der Waals surface area contributed by atoms with Crippen LogP contribution in [0, 0.1) is 25.7 Å². The van der Waals surface area contributed by atoms with Gasteiger partial charge in [0.05, 0.1) is 5.69 Å². The number of aromatic nitrogens is 1. The summed E-state index contributed by atoms with van der Waals surface area (Å²) >= 11 is 1.76. The fourth-order valence-corrected chi connectivity index (χ4v) is 2.27. The first-order chi connectivity index (χ1) is 6.16. The van der Waals surface area contributed by atoms with E-state index in [0.717, 1.165) is 29.2 Å². The number of nitrogens with zero attached hydrogens (tertiary/aromatic N) is 1. The smallest absolute Gasteiger partial charge is 0.183 e. The quantitative estimate of drug-likeness (QED) is 0.804. The van der Waals surface area contributed by atoms with Crippen LogP contribution in [-0.2, 0) is 0 Å². The van der Waals surface area contributed by atoms with Gasteiger partial charge in [-0.1, -0.05) is 6.92 Å². The third kappa shape index (κ3) is 2.02. The minimum Gasteiger partial charge on any atom is -0.361 e. The summed E-state index contributed by atoms with van der Waals surface area (Å²) in [5.41, 5.74) is 1.16. The molecule has 1 aromatic heterocycles. The predicted octanol–water partition coefficient (Wildman–Crippen LogP) is 2.83. The van der Waals surface area contributed by atoms with Gasteiger partial charge in [0.25, 0.3) is 0 Å². The summed E-state index contributed by atoms with van der Waals surface area (Å²) in [4.78, 5) is 5.77. The highest BCUT2D eigenvalue weighted by molar-refractivity contribution is 7.15. The van der Waals surface area contributed by atoms with Crippen molar-refractivity contribution in [1.29, 1.82) is 0 Å². The van der Waals surface area contributed by atoms with Crippen molar-refractivity contribution >= 4 is 16.5 Å². The first kappa shape index (κ1) is 9.00. The Kier molecular flexibility index (Phi) is 2.28. The molecule has 0 radical (unpaired) electrons. The molecule has 1 saturated carbocycles. The number of aryl methyl sites for hydroxylation is 2. The number of anilines is 1. The van der Waals surface area contributed by atoms with E-state index in [1.54, 1.807) is 11.3 Å². The maximum absolute atomic E-state index is 4.44. The molecule has 0 aliphatic heterocycles. The maximum Gasteiger partial charge on any atom is 0.183 e. The van der Waals surface area contributed by atoms with Crippen LogP contribution < -0.4 is 5.32 Å². The number of rotatable bonds is 3. The van der Waals surface area contributed by atoms with Crippen molar-refractivity contribution < 1.29 is 0 Å². The van der Waals surface area contributed by atoms with Crippen LogP contribution in [0.4, 0.5) is 5.13 Å². The van der Waals surface area contributed by atoms with Crippen molar-refractivity contribution in [3.63, 3.8) is 0 Å². The molecule has 0 aromatic carbocycles. The Morgan fingerprint density at radius 1 is 1.54 bits per heavy atom. The fraction of sp³-hybridized carbons (Fsp3) is 0.700. The second-order valence-electron chi connectivity index (χ2n) is 4.01. The normalized spacial score (nSPS) is 26.1. The lowest BCUT2D eigenvalue weighted by Crippen LogP contribution is -2.03. The Morgan fingerprint density at radius 2 is 2.23 bits per heavy atom. The molecule has 0 bridgehead atoms. The molecule has 1 fully saturated rings. The van der Waals surface area contributed by atoms with Crippen molar-refractivity contribution in [3.05, 3.63) is 10.6 Å². The van der Waals surface area contributed by atoms with Gasteiger partial charge >= 0.3 is 0 Å². The molecule has 1 aliphatic rings. The van der Waals surface area contributed by atoms with Crippen LogP contribution in [0.15, 0.2) is 0 Å². The van der Waals surface area contributed by atoms with Crippen molar-refractivity contribution in [1.82, 2.24) is 4.98 Å². The van der Waals surface area contributed by atoms with Crippen molar-refractivity contribution in [3.8, 4) is 0 Å². The number of hydrogen-bond donors (Lipinski definition) is 1. The number of hydrogen-bond acceptors (Lipinski definition) is 3. The molecule has 1 aromatic rings. The van der Waals surface area contributed by atoms with E-state index in [9.17, 15) is 0 Å². The molecule has 1 N–H and O–H groups in total. The zero-order valence-electron chi connectivity index (χ0n) is 8.42. The van der Waals surface area contributed by atoms with Crippen molar-refractivity contribution in [2.45, 2.75) is 27.2 Å². The minimum atomic E-state index is 0.893. The lowest BCUT2D eigenvalue weighted by molar-refractivity contribution is 0.786. The molecule has 3 heteroatoms. The first-order valence-electron chi connectivity index (χ1n) is 4.84. The lowest BCUT2D eigenvalue weighted by Gasteiger charge is -1.99. The molecular formula is C10H16N2S. The van der Waals surface area contributed by atoms with Crippen LogP contribution in [0.25, 0.3) is 0 Å². The van der Waals surface area contributed by atoms with E-state index in [4.69, 9.17) is 0 Å². The van der Waals surface area contributed by atoms with Gasteiger partial charge in [-0.3, -0.25) is 0 Å². The Morgan fingerprint density at radius 3 is 2.69 bits per heavy atom. The molecule has 2 atom stereocenters. The summed E-state index contributed by atoms with van der Waals surface area (Å²) in [6.07, 6.45) is 1.39. The van der Waals surface area contributed by atoms with Crippen LogP contribution in [-0.4, -0.2) is 11.5 Å². The molecule has 1 aliphatic carbocycles. The summed E-state index contributed by atoms with van der Waals surface area (Å²) in [6, 6.07) is 0. The van der Waals surface area contributed by atoms with Gasteiger partial charge in [-0.25, -0.2) is 4.98 Å². The van der Waals surface area contributed by atoms with Crippen LogP contribution in [0.1, 0.15) is 23.9 Å². The van der Waals surface area contributed by atoms with E-state index < -0.39 is 0 Å². The lowest BCUT2D eigenvalue weighted by atomic mass is 10.3. The maximum atomic E-state index is 4.44. The van der Waals surface area contributed by atoms with E-state index in [2.05, 4.69) is 31.1 Å². The van der Waals surface area contributed by atoms with Gasteiger partial charge in [0.1, 0.15) is 0 Å². The highest BCUT2D eigenvalue weighted by Crippen LogP contribution is 2.37. The summed E-state index contributed by atoms with van der Waals surface area (Å²) in [6.45, 7) is 7.60. The molecule has 0 amide bonds. The average Bonchev–Trinajstić information content (AvgIpc) is 2.68. The fourth-order valence-electron chi connectivity index (χ4n) is 1.45. The van der Waals surface area contributed by atoms with Gasteiger partial charge < -0.3 is 5.32 Å². The largest absolute Gasteiger partial charge is 0.361 e. The van der Waals surface area contributed by atoms with E-state index in [1.807, 2.05) is 0 Å². The van der Waals surface area contributed by atoms with Gasteiger partial charge in [0, 0.05) is 11.4 Å². The first-order valence-corrected chi connectivity index (χ1v) is 5.66. The zero-order valence-corrected chi connectivity index (χ0v) is 9.24. The second-order valence-corrected chi connectivity index (χ2v) is 5.22. The van der Waals surface area contributed by atoms with Gasteiger partial charge in [0.2, 0.25) is 0 Å². The Labute approximate surface area is 83.4 Å². The molecule has 2 rings (SSSR count). The molecule has 0 saturated heterocycles. The van der Waals surface area contributed by atoms with Crippen molar-refractivity contribution in [2.24, 2.45) is 11.8 Å². The van der Waals surface area contributed by atoms with Crippen LogP contribution in [0.3, 0.4) is 0 Å². The van der Waals surface area contributed by atoms with Gasteiger partial charge in [-0.2, -0.15) is 0 Å². The molecule has 13 heavy (non-hydrogen) atoms. The highest BCUT2D eigenvalue weighted by atomic mass is 32.1. The minimum absolute atomic E-state index is 0.893. The SMILES string of the molecule is Cc1nc(NCC2CC2C)sc1C. The Bertz CT molecular complexity index is 286. The van der Waals surface area contributed by atoms with Crippen LogP contribution in [0.2, 0.25) is 0 Å². The molecule has 1 heterocycles. The van der Waals surface area contributed by atoms with E-state index in [-0.39, 0.29) is 0 Å². The van der Waals surface area contributed by atoms with Gasteiger partial charge in [0.15, 0.2) is 5.13 Å². The summed E-state index contributed by atoms with van der Waals surface area (Å²) in [7, 11) is 0. The highest BCUT2D eigenvalue weighted by Gasteiger charge is 2.32. The van der Waals surface area contributed by atoms with E-state index in [1.165, 1.54) is 11.3 Å². The average molecular weight is 196 g/mol. The summed E-state index contributed by atoms with van der Waals surface area (Å²) in [5, 5.41) is 4.50. The summed E-state index contributed by atoms with van der Waals surface area (Å²) in [5.74, 6) is 1.82. The van der Waals surface area contributed by atoms with Gasteiger partial charge in [-0.15, -0.1) is 11.3 Å². The van der Waals surface area contributed by atoms with E-state index in [0.29, 0.717) is 0 Å². The summed E-state index contributed by atoms with van der Waals surface area (Å²) < 4.78 is 0. The second kappa shape index (κ2) is 3.29. The molecule has 0 spiro atoms. The third-order valence-electron chi connectivity index (χ3n) is 2.82. The van der Waals surface area contributed by atoms with Gasteiger partial charge in [-0.05, 0) is 32.1 Å². The predicted molar refractivity (Wildman–Crippen MR) is 57.3 cm³/mol. The van der Waals surface area contributed by atoms with Crippen LogP contribution in [0.5, 0.6) is 0 Å². The standard InChI is InChI=1S/C10H16N2S/c1-6-4-9(6)5-11-10-12-7(2)8(3)13-10/h6,9H,4-5H2,1-3H3,(H,11,12). The molecule has 2 nitrogen and oxygen atoms in total. The number of thiazole rings is 1. The Hall–Kier alpha value is -0.570. The Balaban J connectivity index is 1.87. The van der Waals surface area contributed by atoms with Crippen LogP contribution >= 0.6 is 11.3 Å². The molecule has 2 unspecified atom stereocenters. The topological polar surface area (TPSA) is 24.9 Å².